The van der Waals surface area contributed by atoms with Crippen LogP contribution in [0.15, 0.2) is 42.5 Å². The summed E-state index contributed by atoms with van der Waals surface area (Å²) in [7, 11) is 0. The van der Waals surface area contributed by atoms with Crippen molar-refractivity contribution in [3.63, 3.8) is 0 Å². The number of anilines is 1. The van der Waals surface area contributed by atoms with Crippen molar-refractivity contribution in [2.75, 3.05) is 18.5 Å². The number of rotatable bonds is 9. The Kier molecular flexibility index (Phi) is 7.03. The van der Waals surface area contributed by atoms with E-state index in [1.807, 2.05) is 13.0 Å². The van der Waals surface area contributed by atoms with Gasteiger partial charge in [0.15, 0.2) is 17.5 Å². The molecule has 0 spiro atoms. The largest absolute Gasteiger partial charge is 0.490 e. The van der Waals surface area contributed by atoms with Gasteiger partial charge in [-0.3, -0.25) is 0 Å². The van der Waals surface area contributed by atoms with Crippen molar-refractivity contribution in [2.45, 2.75) is 26.0 Å². The Labute approximate surface area is 157 Å². The highest BCUT2D eigenvalue weighted by molar-refractivity contribution is 5.79. The summed E-state index contributed by atoms with van der Waals surface area (Å²) in [5.74, 6) is -0.216. The molecule has 0 radical (unpaired) electrons. The summed E-state index contributed by atoms with van der Waals surface area (Å²) in [4.78, 5) is 11.8. The van der Waals surface area contributed by atoms with Crippen molar-refractivity contribution in [2.24, 2.45) is 0 Å². The summed E-state index contributed by atoms with van der Waals surface area (Å²) in [5, 5.41) is 30.6. The summed E-state index contributed by atoms with van der Waals surface area (Å²) in [6, 6.07) is 12.4. The number of aliphatic hydroxyl groups excluding tert-OH is 1. The minimum absolute atomic E-state index is 0.148. The lowest BCUT2D eigenvalue weighted by Crippen LogP contribution is -2.21. The number of aliphatic carboxylic acids is 1. The molecule has 0 aliphatic carbocycles. The van der Waals surface area contributed by atoms with E-state index in [1.165, 1.54) is 0 Å². The first kappa shape index (κ1) is 20.1. The minimum Gasteiger partial charge on any atom is -0.490 e. The molecule has 2 rings (SSSR count). The third kappa shape index (κ3) is 5.36. The fourth-order valence-electron chi connectivity index (χ4n) is 2.42. The Morgan fingerprint density at radius 3 is 2.48 bits per heavy atom. The van der Waals surface area contributed by atoms with Gasteiger partial charge in [-0.15, -0.1) is 0 Å². The van der Waals surface area contributed by atoms with Gasteiger partial charge in [-0.1, -0.05) is 6.07 Å². The van der Waals surface area contributed by atoms with Crippen LogP contribution in [0.4, 0.5) is 5.69 Å². The second kappa shape index (κ2) is 9.46. The third-order valence-corrected chi connectivity index (χ3v) is 3.76. The number of carboxylic acids is 1. The van der Waals surface area contributed by atoms with Gasteiger partial charge in [0.25, 0.3) is 0 Å². The Morgan fingerprint density at radius 2 is 1.93 bits per heavy atom. The van der Waals surface area contributed by atoms with Gasteiger partial charge in [0.05, 0.1) is 24.8 Å². The zero-order valence-electron chi connectivity index (χ0n) is 15.2. The van der Waals surface area contributed by atoms with E-state index in [0.717, 1.165) is 0 Å². The van der Waals surface area contributed by atoms with Crippen LogP contribution in [0.3, 0.4) is 0 Å². The first-order chi connectivity index (χ1) is 13.0. The van der Waals surface area contributed by atoms with Crippen LogP contribution in [0.25, 0.3) is 0 Å². The molecule has 0 saturated heterocycles. The van der Waals surface area contributed by atoms with Crippen molar-refractivity contribution in [3.8, 4) is 17.6 Å². The number of hydrogen-bond acceptors (Lipinski definition) is 6. The number of nitrogens with zero attached hydrogens (tertiary/aromatic N) is 1. The van der Waals surface area contributed by atoms with E-state index in [-0.39, 0.29) is 6.61 Å². The fourth-order valence-corrected chi connectivity index (χ4v) is 2.42. The fraction of sp³-hybridized carbons (Fsp3) is 0.300. The van der Waals surface area contributed by atoms with E-state index in [0.29, 0.717) is 34.9 Å². The molecule has 0 heterocycles. The molecule has 2 aromatic rings. The Hall–Kier alpha value is -3.24. The molecule has 0 aliphatic heterocycles. The van der Waals surface area contributed by atoms with Crippen LogP contribution in [0.2, 0.25) is 0 Å². The van der Waals surface area contributed by atoms with Crippen LogP contribution < -0.4 is 14.8 Å². The number of benzene rings is 2. The lowest BCUT2D eigenvalue weighted by Gasteiger charge is -2.20. The van der Waals surface area contributed by atoms with Gasteiger partial charge in [0.1, 0.15) is 6.10 Å². The standard InChI is InChI=1S/C20H22N2O5/c1-3-26-18-10-15(6-9-17(18)27-13(2)12-23)19(20(24)25)22-16-7-4-14(11-21)5-8-16/h4-10,13,19,22-23H,3,12H2,1-2H3,(H,24,25). The predicted molar refractivity (Wildman–Crippen MR) is 99.9 cm³/mol. The maximum absolute atomic E-state index is 11.8. The van der Waals surface area contributed by atoms with E-state index >= 15 is 0 Å². The first-order valence-corrected chi connectivity index (χ1v) is 8.52. The summed E-state index contributed by atoms with van der Waals surface area (Å²) in [5.41, 5.74) is 1.55. The predicted octanol–water partition coefficient (Wildman–Crippen LogP) is 2.95. The van der Waals surface area contributed by atoms with Crippen LogP contribution in [0.1, 0.15) is 31.0 Å². The third-order valence-electron chi connectivity index (χ3n) is 3.76. The van der Waals surface area contributed by atoms with Gasteiger partial charge in [-0.05, 0) is 55.8 Å². The molecule has 27 heavy (non-hydrogen) atoms. The first-order valence-electron chi connectivity index (χ1n) is 8.52. The normalized spacial score (nSPS) is 12.5. The van der Waals surface area contributed by atoms with Gasteiger partial charge in [0, 0.05) is 5.69 Å². The van der Waals surface area contributed by atoms with E-state index in [1.54, 1.807) is 49.4 Å². The van der Waals surface area contributed by atoms with Crippen molar-refractivity contribution < 1.29 is 24.5 Å². The van der Waals surface area contributed by atoms with Crippen LogP contribution >= 0.6 is 0 Å². The number of nitriles is 1. The van der Waals surface area contributed by atoms with Crippen molar-refractivity contribution in [1.82, 2.24) is 0 Å². The van der Waals surface area contributed by atoms with Gasteiger partial charge < -0.3 is 25.0 Å². The summed E-state index contributed by atoms with van der Waals surface area (Å²) < 4.78 is 11.2. The van der Waals surface area contributed by atoms with E-state index < -0.39 is 18.1 Å². The lowest BCUT2D eigenvalue weighted by molar-refractivity contribution is -0.138. The topological polar surface area (TPSA) is 112 Å². The quantitative estimate of drug-likeness (QED) is 0.622. The maximum Gasteiger partial charge on any atom is 0.330 e. The average molecular weight is 370 g/mol. The summed E-state index contributed by atoms with van der Waals surface area (Å²) >= 11 is 0. The molecule has 7 nitrogen and oxygen atoms in total. The maximum atomic E-state index is 11.8. The van der Waals surface area contributed by atoms with Crippen LogP contribution in [0.5, 0.6) is 11.5 Å². The van der Waals surface area contributed by atoms with Gasteiger partial charge in [-0.2, -0.15) is 5.26 Å². The van der Waals surface area contributed by atoms with Crippen LogP contribution in [0, 0.1) is 11.3 Å². The van der Waals surface area contributed by atoms with Gasteiger partial charge in [0.2, 0.25) is 0 Å². The van der Waals surface area contributed by atoms with Crippen LogP contribution in [-0.4, -0.2) is 35.5 Å². The lowest BCUT2D eigenvalue weighted by atomic mass is 10.1. The number of hydrogen-bond donors (Lipinski definition) is 3. The number of ether oxygens (including phenoxy) is 2. The molecule has 2 atom stereocenters. The van der Waals surface area contributed by atoms with Crippen molar-refractivity contribution in [1.29, 1.82) is 5.26 Å². The Morgan fingerprint density at radius 1 is 1.22 bits per heavy atom. The Bertz CT molecular complexity index is 814. The molecule has 0 saturated carbocycles. The molecule has 0 aromatic heterocycles. The van der Waals surface area contributed by atoms with Crippen molar-refractivity contribution >= 4 is 11.7 Å². The average Bonchev–Trinajstić information content (AvgIpc) is 2.67. The van der Waals surface area contributed by atoms with Crippen LogP contribution in [-0.2, 0) is 4.79 Å². The monoisotopic (exact) mass is 370 g/mol. The molecule has 0 fully saturated rings. The molecule has 0 aliphatic rings. The zero-order chi connectivity index (χ0) is 19.8. The second-order valence-corrected chi connectivity index (χ2v) is 5.85. The molecule has 0 bridgehead atoms. The number of aliphatic hydroxyl groups is 1. The molecule has 2 unspecified atom stereocenters. The molecular weight excluding hydrogens is 348 g/mol. The highest BCUT2D eigenvalue weighted by atomic mass is 16.5. The molecule has 7 heteroatoms. The second-order valence-electron chi connectivity index (χ2n) is 5.85. The number of carbonyl (C=O) groups is 1. The number of carboxylic acid groups (broad SMARTS) is 1. The van der Waals surface area contributed by atoms with E-state index in [9.17, 15) is 9.90 Å². The molecule has 2 aromatic carbocycles. The highest BCUT2D eigenvalue weighted by Crippen LogP contribution is 2.32. The molecule has 3 N–H and O–H groups in total. The zero-order valence-corrected chi connectivity index (χ0v) is 15.2. The van der Waals surface area contributed by atoms with E-state index in [2.05, 4.69) is 5.32 Å². The highest BCUT2D eigenvalue weighted by Gasteiger charge is 2.22. The summed E-state index contributed by atoms with van der Waals surface area (Å²) in [6.45, 7) is 3.77. The van der Waals surface area contributed by atoms with Gasteiger partial charge >= 0.3 is 5.97 Å². The smallest absolute Gasteiger partial charge is 0.330 e. The molecule has 0 amide bonds. The van der Waals surface area contributed by atoms with E-state index in [4.69, 9.17) is 19.8 Å². The van der Waals surface area contributed by atoms with Crippen molar-refractivity contribution in [3.05, 3.63) is 53.6 Å². The summed E-state index contributed by atoms with van der Waals surface area (Å²) in [6.07, 6.45) is -0.415. The molecule has 142 valence electrons. The minimum atomic E-state index is -1.06. The van der Waals surface area contributed by atoms with Gasteiger partial charge in [-0.25, -0.2) is 4.79 Å². The SMILES string of the molecule is CCOc1cc(C(Nc2ccc(C#N)cc2)C(=O)O)ccc1OC(C)CO. The number of nitrogens with one attached hydrogen (secondary N) is 1. The molecular formula is C20H22N2O5. The Balaban J connectivity index is 2.31.